The SMILES string of the molecule is CCOc1cc(CNCc2ccccc2)c(Cl)cc1OCc1ccccc1. The fourth-order valence-corrected chi connectivity index (χ4v) is 2.99. The number of rotatable bonds is 9. The van der Waals surface area contributed by atoms with Crippen molar-refractivity contribution in [2.24, 2.45) is 0 Å². The molecule has 0 saturated carbocycles. The van der Waals surface area contributed by atoms with E-state index in [4.69, 9.17) is 21.1 Å². The van der Waals surface area contributed by atoms with Crippen molar-refractivity contribution in [2.75, 3.05) is 6.61 Å². The van der Waals surface area contributed by atoms with Gasteiger partial charge in [-0.2, -0.15) is 0 Å². The first kappa shape index (κ1) is 19.3. The Morgan fingerprint density at radius 2 is 1.41 bits per heavy atom. The Bertz CT molecular complexity index is 838. The third-order valence-electron chi connectivity index (χ3n) is 4.14. The molecule has 0 aliphatic rings. The summed E-state index contributed by atoms with van der Waals surface area (Å²) in [7, 11) is 0. The van der Waals surface area contributed by atoms with Crippen LogP contribution in [-0.4, -0.2) is 6.61 Å². The summed E-state index contributed by atoms with van der Waals surface area (Å²) in [5, 5.41) is 4.09. The van der Waals surface area contributed by atoms with Gasteiger partial charge in [-0.25, -0.2) is 0 Å². The van der Waals surface area contributed by atoms with Crippen LogP contribution in [0.3, 0.4) is 0 Å². The lowest BCUT2D eigenvalue weighted by Gasteiger charge is -2.15. The van der Waals surface area contributed by atoms with Gasteiger partial charge in [0.25, 0.3) is 0 Å². The summed E-state index contributed by atoms with van der Waals surface area (Å²) < 4.78 is 11.7. The van der Waals surface area contributed by atoms with Crippen LogP contribution in [0.4, 0.5) is 0 Å². The fraction of sp³-hybridized carbons (Fsp3) is 0.217. The molecule has 0 saturated heterocycles. The average molecular weight is 382 g/mol. The van der Waals surface area contributed by atoms with Gasteiger partial charge in [-0.3, -0.25) is 0 Å². The summed E-state index contributed by atoms with van der Waals surface area (Å²) in [5.41, 5.74) is 3.33. The molecule has 3 aromatic rings. The Hall–Kier alpha value is -2.49. The van der Waals surface area contributed by atoms with Crippen molar-refractivity contribution in [3.63, 3.8) is 0 Å². The van der Waals surface area contributed by atoms with Crippen LogP contribution in [0.5, 0.6) is 11.5 Å². The maximum Gasteiger partial charge on any atom is 0.163 e. The van der Waals surface area contributed by atoms with Crippen LogP contribution in [0.15, 0.2) is 72.8 Å². The van der Waals surface area contributed by atoms with Crippen LogP contribution in [0.25, 0.3) is 0 Å². The summed E-state index contributed by atoms with van der Waals surface area (Å²) in [5.74, 6) is 1.38. The van der Waals surface area contributed by atoms with Gasteiger partial charge in [-0.05, 0) is 29.7 Å². The van der Waals surface area contributed by atoms with Crippen molar-refractivity contribution < 1.29 is 9.47 Å². The first-order valence-corrected chi connectivity index (χ1v) is 9.50. The van der Waals surface area contributed by atoms with E-state index in [1.54, 1.807) is 0 Å². The highest BCUT2D eigenvalue weighted by Gasteiger charge is 2.11. The van der Waals surface area contributed by atoms with Gasteiger partial charge in [-0.15, -0.1) is 0 Å². The van der Waals surface area contributed by atoms with Crippen LogP contribution in [0.1, 0.15) is 23.6 Å². The quantitative estimate of drug-likeness (QED) is 0.522. The van der Waals surface area contributed by atoms with E-state index < -0.39 is 0 Å². The predicted molar refractivity (Wildman–Crippen MR) is 110 cm³/mol. The van der Waals surface area contributed by atoms with E-state index in [2.05, 4.69) is 17.4 Å². The molecule has 0 fully saturated rings. The first-order chi connectivity index (χ1) is 13.3. The molecular weight excluding hydrogens is 358 g/mol. The molecule has 4 heteroatoms. The first-order valence-electron chi connectivity index (χ1n) is 9.13. The Morgan fingerprint density at radius 3 is 2.07 bits per heavy atom. The Kier molecular flexibility index (Phi) is 7.14. The molecule has 0 unspecified atom stereocenters. The molecule has 0 radical (unpaired) electrons. The molecule has 0 amide bonds. The van der Waals surface area contributed by atoms with E-state index in [1.165, 1.54) is 5.56 Å². The maximum absolute atomic E-state index is 6.49. The van der Waals surface area contributed by atoms with Crippen LogP contribution in [-0.2, 0) is 19.7 Å². The van der Waals surface area contributed by atoms with Gasteiger partial charge in [0.2, 0.25) is 0 Å². The summed E-state index contributed by atoms with van der Waals surface area (Å²) >= 11 is 6.49. The van der Waals surface area contributed by atoms with Crippen molar-refractivity contribution >= 4 is 11.6 Å². The van der Waals surface area contributed by atoms with Crippen molar-refractivity contribution in [1.29, 1.82) is 0 Å². The normalized spacial score (nSPS) is 10.6. The lowest BCUT2D eigenvalue weighted by Crippen LogP contribution is -2.13. The second-order valence-corrected chi connectivity index (χ2v) is 6.59. The molecule has 140 valence electrons. The number of ether oxygens (including phenoxy) is 2. The molecule has 3 aromatic carbocycles. The van der Waals surface area contributed by atoms with Crippen molar-refractivity contribution in [2.45, 2.75) is 26.6 Å². The van der Waals surface area contributed by atoms with E-state index in [-0.39, 0.29) is 0 Å². The lowest BCUT2D eigenvalue weighted by atomic mass is 10.1. The van der Waals surface area contributed by atoms with Gasteiger partial charge < -0.3 is 14.8 Å². The van der Waals surface area contributed by atoms with Crippen molar-refractivity contribution in [3.8, 4) is 11.5 Å². The van der Waals surface area contributed by atoms with E-state index >= 15 is 0 Å². The third-order valence-corrected chi connectivity index (χ3v) is 4.49. The highest BCUT2D eigenvalue weighted by atomic mass is 35.5. The summed E-state index contributed by atoms with van der Waals surface area (Å²) in [6, 6.07) is 24.1. The van der Waals surface area contributed by atoms with Crippen LogP contribution in [0.2, 0.25) is 5.02 Å². The number of nitrogens with one attached hydrogen (secondary N) is 1. The topological polar surface area (TPSA) is 30.5 Å². The number of hydrogen-bond donors (Lipinski definition) is 1. The minimum absolute atomic E-state index is 0.475. The Balaban J connectivity index is 1.67. The van der Waals surface area contributed by atoms with Crippen LogP contribution in [0, 0.1) is 0 Å². The van der Waals surface area contributed by atoms with Gasteiger partial charge in [0.1, 0.15) is 6.61 Å². The van der Waals surface area contributed by atoms with Gasteiger partial charge in [0, 0.05) is 24.2 Å². The highest BCUT2D eigenvalue weighted by Crippen LogP contribution is 2.34. The monoisotopic (exact) mass is 381 g/mol. The van der Waals surface area contributed by atoms with E-state index in [0.29, 0.717) is 36.3 Å². The molecule has 0 aliphatic carbocycles. The highest BCUT2D eigenvalue weighted by molar-refractivity contribution is 6.31. The Morgan fingerprint density at radius 1 is 0.778 bits per heavy atom. The standard InChI is InChI=1S/C23H24ClNO2/c1-2-26-22-13-20(16-25-15-18-9-5-3-6-10-18)21(24)14-23(22)27-17-19-11-7-4-8-12-19/h3-14,25H,2,15-17H2,1H3. The van der Waals surface area contributed by atoms with Gasteiger partial charge in [0.05, 0.1) is 6.61 Å². The largest absolute Gasteiger partial charge is 0.490 e. The Labute approximate surface area is 165 Å². The van der Waals surface area contributed by atoms with Gasteiger partial charge in [0.15, 0.2) is 11.5 Å². The predicted octanol–water partition coefficient (Wildman–Crippen LogP) is 5.61. The smallest absolute Gasteiger partial charge is 0.163 e. The van der Waals surface area contributed by atoms with Gasteiger partial charge >= 0.3 is 0 Å². The average Bonchev–Trinajstić information content (AvgIpc) is 2.71. The molecule has 1 N–H and O–H groups in total. The molecule has 0 atom stereocenters. The van der Waals surface area contributed by atoms with Gasteiger partial charge in [-0.1, -0.05) is 72.3 Å². The molecule has 0 spiro atoms. The zero-order valence-electron chi connectivity index (χ0n) is 15.5. The lowest BCUT2D eigenvalue weighted by molar-refractivity contribution is 0.269. The van der Waals surface area contributed by atoms with Crippen LogP contribution < -0.4 is 14.8 Å². The molecule has 0 aromatic heterocycles. The zero-order valence-corrected chi connectivity index (χ0v) is 16.2. The molecule has 0 heterocycles. The fourth-order valence-electron chi connectivity index (χ4n) is 2.77. The summed E-state index contributed by atoms with van der Waals surface area (Å²) in [6.45, 7) is 4.45. The summed E-state index contributed by atoms with van der Waals surface area (Å²) in [4.78, 5) is 0. The molecule has 27 heavy (non-hydrogen) atoms. The molecule has 0 bridgehead atoms. The minimum atomic E-state index is 0.475. The third kappa shape index (κ3) is 5.75. The minimum Gasteiger partial charge on any atom is -0.490 e. The van der Waals surface area contributed by atoms with E-state index in [1.807, 2.05) is 67.6 Å². The molecular formula is C23H24ClNO2. The number of halogens is 1. The van der Waals surface area contributed by atoms with E-state index in [0.717, 1.165) is 17.7 Å². The molecule has 0 aliphatic heterocycles. The zero-order chi connectivity index (χ0) is 18.9. The van der Waals surface area contributed by atoms with E-state index in [9.17, 15) is 0 Å². The van der Waals surface area contributed by atoms with Crippen molar-refractivity contribution in [1.82, 2.24) is 5.32 Å². The maximum atomic E-state index is 6.49. The molecule has 3 nitrogen and oxygen atoms in total. The second kappa shape index (κ2) is 10.0. The second-order valence-electron chi connectivity index (χ2n) is 6.19. The van der Waals surface area contributed by atoms with Crippen molar-refractivity contribution in [3.05, 3.63) is 94.5 Å². The number of hydrogen-bond acceptors (Lipinski definition) is 3. The molecule has 3 rings (SSSR count). The summed E-state index contributed by atoms with van der Waals surface area (Å²) in [6.07, 6.45) is 0. The number of benzene rings is 3. The van der Waals surface area contributed by atoms with Crippen LogP contribution >= 0.6 is 11.6 Å².